The number of benzene rings is 1. The third-order valence-corrected chi connectivity index (χ3v) is 3.32. The van der Waals surface area contributed by atoms with Crippen molar-refractivity contribution in [3.05, 3.63) is 34.1 Å². The van der Waals surface area contributed by atoms with Gasteiger partial charge in [0.15, 0.2) is 5.82 Å². The lowest BCUT2D eigenvalue weighted by atomic mass is 9.91. The molecule has 2 unspecified atom stereocenters. The van der Waals surface area contributed by atoms with E-state index in [0.29, 0.717) is 0 Å². The smallest absolute Gasteiger partial charge is 0.272 e. The van der Waals surface area contributed by atoms with Gasteiger partial charge in [0.2, 0.25) is 0 Å². The van der Waals surface area contributed by atoms with Crippen LogP contribution in [-0.4, -0.2) is 17.0 Å². The third-order valence-electron chi connectivity index (χ3n) is 3.32. The van der Waals surface area contributed by atoms with E-state index in [2.05, 4.69) is 5.32 Å². The Hall–Kier alpha value is -1.69. The minimum atomic E-state index is -0.612. The average Bonchev–Trinajstić information content (AvgIpc) is 2.34. The van der Waals surface area contributed by atoms with Crippen molar-refractivity contribution >= 4 is 11.4 Å². The van der Waals surface area contributed by atoms with Crippen molar-refractivity contribution in [2.45, 2.75) is 37.8 Å². The van der Waals surface area contributed by atoms with Crippen LogP contribution in [0, 0.1) is 15.9 Å². The Morgan fingerprint density at radius 2 is 2.11 bits per heavy atom. The molecule has 0 aliphatic heterocycles. The predicted octanol–water partition coefficient (Wildman–Crippen LogP) is 2.42. The Kier molecular flexibility index (Phi) is 3.76. The highest BCUT2D eigenvalue weighted by Gasteiger charge is 2.22. The molecule has 2 rings (SSSR count). The van der Waals surface area contributed by atoms with Crippen LogP contribution in [-0.2, 0) is 0 Å². The summed E-state index contributed by atoms with van der Waals surface area (Å²) in [6, 6.07) is 3.66. The molecule has 18 heavy (non-hydrogen) atoms. The van der Waals surface area contributed by atoms with Gasteiger partial charge in [-0.15, -0.1) is 0 Å². The number of halogens is 1. The number of nitrogens with one attached hydrogen (secondary N) is 1. The second-order valence-corrected chi connectivity index (χ2v) is 4.62. The number of nitrogens with zero attached hydrogens (tertiary/aromatic N) is 1. The van der Waals surface area contributed by atoms with E-state index in [0.717, 1.165) is 31.7 Å². The number of hydrogen-bond acceptors (Lipinski definition) is 4. The zero-order valence-corrected chi connectivity index (χ0v) is 9.93. The first-order chi connectivity index (χ1) is 8.58. The van der Waals surface area contributed by atoms with Crippen LogP contribution < -0.4 is 11.1 Å². The maximum atomic E-state index is 13.7. The van der Waals surface area contributed by atoms with Crippen LogP contribution in [0.4, 0.5) is 15.8 Å². The van der Waals surface area contributed by atoms with Crippen molar-refractivity contribution in [2.24, 2.45) is 5.73 Å². The molecule has 0 heterocycles. The van der Waals surface area contributed by atoms with E-state index in [1.54, 1.807) is 0 Å². The number of nitrogens with two attached hydrogens (primary N) is 1. The molecular weight excluding hydrogens is 237 g/mol. The van der Waals surface area contributed by atoms with Gasteiger partial charge in [-0.3, -0.25) is 10.1 Å². The summed E-state index contributed by atoms with van der Waals surface area (Å²) in [5.74, 6) is -0.609. The first kappa shape index (κ1) is 12.8. The Morgan fingerprint density at radius 3 is 2.72 bits per heavy atom. The molecule has 2 atom stereocenters. The molecule has 1 saturated carbocycles. The quantitative estimate of drug-likeness (QED) is 0.640. The van der Waals surface area contributed by atoms with Crippen LogP contribution >= 0.6 is 0 Å². The maximum absolute atomic E-state index is 13.7. The predicted molar refractivity (Wildman–Crippen MR) is 66.9 cm³/mol. The van der Waals surface area contributed by atoms with Gasteiger partial charge in [0.1, 0.15) is 0 Å². The van der Waals surface area contributed by atoms with E-state index in [1.165, 1.54) is 12.1 Å². The normalized spacial score (nSPS) is 23.7. The van der Waals surface area contributed by atoms with Gasteiger partial charge in [-0.2, -0.15) is 0 Å². The van der Waals surface area contributed by atoms with Crippen LogP contribution in [0.15, 0.2) is 18.2 Å². The van der Waals surface area contributed by atoms with Crippen LogP contribution in [0.3, 0.4) is 0 Å². The lowest BCUT2D eigenvalue weighted by Crippen LogP contribution is -2.42. The summed E-state index contributed by atoms with van der Waals surface area (Å²) in [5.41, 5.74) is 6.00. The fraction of sp³-hybridized carbons (Fsp3) is 0.500. The van der Waals surface area contributed by atoms with Gasteiger partial charge >= 0.3 is 0 Å². The highest BCUT2D eigenvalue weighted by molar-refractivity contribution is 5.51. The summed E-state index contributed by atoms with van der Waals surface area (Å²) in [6.45, 7) is 0. The summed E-state index contributed by atoms with van der Waals surface area (Å²) < 4.78 is 13.7. The van der Waals surface area contributed by atoms with Crippen molar-refractivity contribution in [2.75, 3.05) is 5.32 Å². The second-order valence-electron chi connectivity index (χ2n) is 4.62. The molecule has 1 fully saturated rings. The van der Waals surface area contributed by atoms with E-state index >= 15 is 0 Å². The zero-order chi connectivity index (χ0) is 13.1. The number of hydrogen-bond donors (Lipinski definition) is 2. The summed E-state index contributed by atoms with van der Waals surface area (Å²) >= 11 is 0. The Labute approximate surface area is 104 Å². The lowest BCUT2D eigenvalue weighted by Gasteiger charge is -2.30. The standard InChI is InChI=1S/C12H16FN3O2/c13-9-7-8(16(17)18)5-6-11(9)15-12-4-2-1-3-10(12)14/h5-7,10,12,15H,1-4,14H2. The summed E-state index contributed by atoms with van der Waals surface area (Å²) in [6.07, 6.45) is 3.99. The molecular formula is C12H16FN3O2. The molecule has 0 bridgehead atoms. The van der Waals surface area contributed by atoms with Crippen LogP contribution in [0.1, 0.15) is 25.7 Å². The van der Waals surface area contributed by atoms with Gasteiger partial charge in [-0.25, -0.2) is 4.39 Å². The van der Waals surface area contributed by atoms with Gasteiger partial charge in [-0.1, -0.05) is 12.8 Å². The summed E-state index contributed by atoms with van der Waals surface area (Å²) in [5, 5.41) is 13.5. The number of rotatable bonds is 3. The fourth-order valence-corrected chi connectivity index (χ4v) is 2.27. The highest BCUT2D eigenvalue weighted by atomic mass is 19.1. The van der Waals surface area contributed by atoms with Crippen LogP contribution in [0.25, 0.3) is 0 Å². The fourth-order valence-electron chi connectivity index (χ4n) is 2.27. The van der Waals surface area contributed by atoms with E-state index in [-0.39, 0.29) is 23.5 Å². The molecule has 1 aromatic rings. The SMILES string of the molecule is NC1CCCCC1Nc1ccc([N+](=O)[O-])cc1F. The number of nitro groups is 1. The molecule has 0 radical (unpaired) electrons. The van der Waals surface area contributed by atoms with E-state index in [1.807, 2.05) is 0 Å². The Balaban J connectivity index is 2.11. The van der Waals surface area contributed by atoms with Gasteiger partial charge in [0.25, 0.3) is 5.69 Å². The minimum absolute atomic E-state index is 0.00772. The maximum Gasteiger partial charge on any atom is 0.272 e. The van der Waals surface area contributed by atoms with Crippen molar-refractivity contribution in [1.29, 1.82) is 0 Å². The highest BCUT2D eigenvalue weighted by Crippen LogP contribution is 2.25. The first-order valence-corrected chi connectivity index (χ1v) is 6.04. The molecule has 0 amide bonds. The van der Waals surface area contributed by atoms with E-state index < -0.39 is 10.7 Å². The van der Waals surface area contributed by atoms with E-state index in [4.69, 9.17) is 5.73 Å². The van der Waals surface area contributed by atoms with Crippen LogP contribution in [0.5, 0.6) is 0 Å². The molecule has 1 aliphatic rings. The van der Waals surface area contributed by atoms with Gasteiger partial charge in [0.05, 0.1) is 16.7 Å². The van der Waals surface area contributed by atoms with Gasteiger partial charge < -0.3 is 11.1 Å². The van der Waals surface area contributed by atoms with Gasteiger partial charge in [0, 0.05) is 18.2 Å². The molecule has 98 valence electrons. The minimum Gasteiger partial charge on any atom is -0.378 e. The molecule has 3 N–H and O–H groups in total. The Bertz CT molecular complexity index is 453. The largest absolute Gasteiger partial charge is 0.378 e. The number of anilines is 1. The van der Waals surface area contributed by atoms with Crippen LogP contribution in [0.2, 0.25) is 0 Å². The monoisotopic (exact) mass is 253 g/mol. The van der Waals surface area contributed by atoms with E-state index in [9.17, 15) is 14.5 Å². The number of non-ortho nitro benzene ring substituents is 1. The van der Waals surface area contributed by atoms with Gasteiger partial charge in [-0.05, 0) is 18.9 Å². The summed E-state index contributed by atoms with van der Waals surface area (Å²) in [4.78, 5) is 9.89. The first-order valence-electron chi connectivity index (χ1n) is 6.04. The molecule has 5 nitrogen and oxygen atoms in total. The third kappa shape index (κ3) is 2.76. The molecule has 0 aromatic heterocycles. The molecule has 1 aliphatic carbocycles. The van der Waals surface area contributed by atoms with Crippen molar-refractivity contribution < 1.29 is 9.31 Å². The zero-order valence-electron chi connectivity index (χ0n) is 9.93. The number of nitro benzene ring substituents is 1. The molecule has 6 heteroatoms. The Morgan fingerprint density at radius 1 is 1.39 bits per heavy atom. The van der Waals surface area contributed by atoms with Crippen molar-refractivity contribution in [1.82, 2.24) is 0 Å². The average molecular weight is 253 g/mol. The van der Waals surface area contributed by atoms with Crippen molar-refractivity contribution in [3.63, 3.8) is 0 Å². The van der Waals surface area contributed by atoms with Crippen molar-refractivity contribution in [3.8, 4) is 0 Å². The second kappa shape index (κ2) is 5.30. The molecule has 1 aromatic carbocycles. The molecule has 0 spiro atoms. The summed E-state index contributed by atoms with van der Waals surface area (Å²) in [7, 11) is 0. The molecule has 0 saturated heterocycles. The topological polar surface area (TPSA) is 81.2 Å². The lowest BCUT2D eigenvalue weighted by molar-refractivity contribution is -0.385.